The maximum absolute atomic E-state index is 13.3. The molecule has 2 heterocycles. The van der Waals surface area contributed by atoms with E-state index in [-0.39, 0.29) is 17.6 Å². The summed E-state index contributed by atoms with van der Waals surface area (Å²) >= 11 is 0. The number of Topliss-reactive ketones (excluding diaryl/α,β-unsaturated/α-hetero) is 1. The highest BCUT2D eigenvalue weighted by Crippen LogP contribution is 2.49. The molecule has 0 bridgehead atoms. The van der Waals surface area contributed by atoms with Crippen LogP contribution in [0.25, 0.3) is 10.9 Å². The Labute approximate surface area is 153 Å². The second-order valence-electron chi connectivity index (χ2n) is 8.45. The van der Waals surface area contributed by atoms with E-state index < -0.39 is 5.41 Å². The van der Waals surface area contributed by atoms with Gasteiger partial charge in [0.25, 0.3) is 0 Å². The smallest absolute Gasteiger partial charge is 0.236 e. The molecule has 1 aromatic heterocycles. The molecule has 1 atom stereocenters. The predicted molar refractivity (Wildman–Crippen MR) is 101 cm³/mol. The van der Waals surface area contributed by atoms with Gasteiger partial charge in [-0.05, 0) is 43.7 Å². The molecule has 136 valence electrons. The summed E-state index contributed by atoms with van der Waals surface area (Å²) in [6, 6.07) is 8.36. The number of fused-ring (bicyclic) bond motifs is 1. The van der Waals surface area contributed by atoms with Crippen molar-refractivity contribution in [3.05, 3.63) is 36.0 Å². The highest BCUT2D eigenvalue weighted by molar-refractivity contribution is 6.08. The number of aromatic nitrogens is 1. The molecular formula is C22H26N2O2. The number of rotatable bonds is 4. The van der Waals surface area contributed by atoms with Gasteiger partial charge in [0.2, 0.25) is 5.91 Å². The van der Waals surface area contributed by atoms with Crippen LogP contribution in [0, 0.1) is 11.3 Å². The number of hydrogen-bond donors (Lipinski definition) is 1. The third kappa shape index (κ3) is 2.27. The van der Waals surface area contributed by atoms with Gasteiger partial charge in [-0.1, -0.05) is 31.0 Å². The van der Waals surface area contributed by atoms with Crippen LogP contribution in [-0.2, 0) is 9.59 Å². The third-order valence-electron chi connectivity index (χ3n) is 7.10. The summed E-state index contributed by atoms with van der Waals surface area (Å²) in [5, 5.41) is 1.26. The van der Waals surface area contributed by atoms with E-state index in [9.17, 15) is 9.59 Å². The number of amides is 1. The van der Waals surface area contributed by atoms with Crippen molar-refractivity contribution in [1.29, 1.82) is 0 Å². The summed E-state index contributed by atoms with van der Waals surface area (Å²) < 4.78 is 0. The lowest BCUT2D eigenvalue weighted by molar-refractivity contribution is -0.158. The van der Waals surface area contributed by atoms with E-state index in [1.807, 2.05) is 11.0 Å². The molecule has 4 heteroatoms. The fraction of sp³-hybridized carbons (Fsp3) is 0.545. The monoisotopic (exact) mass is 350 g/mol. The Hall–Kier alpha value is -2.10. The van der Waals surface area contributed by atoms with Crippen LogP contribution in [0.3, 0.4) is 0 Å². The van der Waals surface area contributed by atoms with Gasteiger partial charge in [-0.2, -0.15) is 0 Å². The summed E-state index contributed by atoms with van der Waals surface area (Å²) in [6.45, 7) is 1.53. The number of para-hydroxylation sites is 1. The molecule has 3 aliphatic rings. The third-order valence-corrected chi connectivity index (χ3v) is 7.10. The van der Waals surface area contributed by atoms with Gasteiger partial charge in [0.1, 0.15) is 5.41 Å². The van der Waals surface area contributed by atoms with Crippen LogP contribution in [-0.4, -0.2) is 34.7 Å². The van der Waals surface area contributed by atoms with E-state index in [0.29, 0.717) is 5.92 Å². The lowest BCUT2D eigenvalue weighted by Crippen LogP contribution is -2.54. The van der Waals surface area contributed by atoms with Gasteiger partial charge in [-0.15, -0.1) is 0 Å². The zero-order valence-electron chi connectivity index (χ0n) is 15.2. The summed E-state index contributed by atoms with van der Waals surface area (Å²) in [7, 11) is 0. The molecule has 4 nitrogen and oxygen atoms in total. The second-order valence-corrected chi connectivity index (χ2v) is 8.45. The van der Waals surface area contributed by atoms with E-state index in [1.54, 1.807) is 0 Å². The van der Waals surface area contributed by atoms with Gasteiger partial charge in [-0.25, -0.2) is 0 Å². The molecule has 2 saturated carbocycles. The van der Waals surface area contributed by atoms with Gasteiger partial charge in [-0.3, -0.25) is 9.59 Å². The van der Waals surface area contributed by atoms with Crippen molar-refractivity contribution in [2.24, 2.45) is 11.3 Å². The molecule has 1 unspecified atom stereocenters. The first kappa shape index (κ1) is 16.1. The van der Waals surface area contributed by atoms with Crippen molar-refractivity contribution in [1.82, 2.24) is 9.88 Å². The molecular weight excluding hydrogens is 324 g/mol. The van der Waals surface area contributed by atoms with E-state index in [1.165, 1.54) is 10.9 Å². The average Bonchev–Trinajstić information content (AvgIpc) is 3.18. The van der Waals surface area contributed by atoms with Crippen LogP contribution in [0.1, 0.15) is 56.4 Å². The van der Waals surface area contributed by atoms with Crippen molar-refractivity contribution in [3.63, 3.8) is 0 Å². The Bertz CT molecular complexity index is 860. The van der Waals surface area contributed by atoms with Crippen molar-refractivity contribution < 1.29 is 9.59 Å². The number of carbonyl (C=O) groups excluding carboxylic acids is 2. The highest BCUT2D eigenvalue weighted by Gasteiger charge is 2.55. The normalized spacial score (nSPS) is 25.1. The molecule has 2 aliphatic carbocycles. The van der Waals surface area contributed by atoms with Crippen LogP contribution in [0.15, 0.2) is 30.5 Å². The van der Waals surface area contributed by atoms with E-state index in [2.05, 4.69) is 29.4 Å². The zero-order chi connectivity index (χ0) is 17.7. The Kier molecular flexibility index (Phi) is 3.70. The van der Waals surface area contributed by atoms with Crippen molar-refractivity contribution in [2.75, 3.05) is 13.1 Å². The molecule has 2 aromatic rings. The van der Waals surface area contributed by atoms with Crippen molar-refractivity contribution >= 4 is 22.6 Å². The van der Waals surface area contributed by atoms with Gasteiger partial charge in [0.15, 0.2) is 5.78 Å². The van der Waals surface area contributed by atoms with Crippen LogP contribution in [0.4, 0.5) is 0 Å². The van der Waals surface area contributed by atoms with Crippen LogP contribution in [0.2, 0.25) is 0 Å². The number of nitrogens with zero attached hydrogens (tertiary/aromatic N) is 1. The Balaban J connectivity index is 1.35. The van der Waals surface area contributed by atoms with Crippen molar-refractivity contribution in [2.45, 2.75) is 50.9 Å². The van der Waals surface area contributed by atoms with Gasteiger partial charge in [0.05, 0.1) is 0 Å². The number of H-pyrrole nitrogens is 1. The minimum absolute atomic E-state index is 0.128. The summed E-state index contributed by atoms with van der Waals surface area (Å²) in [6.07, 6.45) is 8.78. The number of likely N-dealkylation sites (tertiary alicyclic amines) is 1. The van der Waals surface area contributed by atoms with Crippen LogP contribution in [0.5, 0.6) is 0 Å². The fourth-order valence-corrected chi connectivity index (χ4v) is 5.09. The molecule has 5 rings (SSSR count). The Morgan fingerprint density at radius 3 is 2.58 bits per heavy atom. The minimum Gasteiger partial charge on any atom is -0.361 e. The maximum Gasteiger partial charge on any atom is 0.236 e. The first-order valence-electron chi connectivity index (χ1n) is 10.1. The van der Waals surface area contributed by atoms with Crippen LogP contribution >= 0.6 is 0 Å². The molecule has 1 amide bonds. The van der Waals surface area contributed by atoms with E-state index in [0.717, 1.165) is 63.6 Å². The largest absolute Gasteiger partial charge is 0.361 e. The van der Waals surface area contributed by atoms with E-state index in [4.69, 9.17) is 0 Å². The lowest BCUT2D eigenvalue weighted by Gasteiger charge is -2.44. The van der Waals surface area contributed by atoms with Gasteiger partial charge >= 0.3 is 0 Å². The number of hydrogen-bond acceptors (Lipinski definition) is 2. The Morgan fingerprint density at radius 2 is 1.88 bits per heavy atom. The molecule has 1 saturated heterocycles. The number of aromatic amines is 1. The molecule has 0 radical (unpaired) electrons. The maximum atomic E-state index is 13.3. The highest BCUT2D eigenvalue weighted by atomic mass is 16.2. The quantitative estimate of drug-likeness (QED) is 0.847. The molecule has 1 N–H and O–H groups in total. The standard InChI is InChI=1S/C22H26N2O2/c25-20(15-5-3-6-15)22(10-4-11-22)21(26)24-12-9-16(14-24)18-13-23-19-8-2-1-7-17(18)19/h1-2,7-8,13,15-16,23H,3-6,9-12,14H2. The summed E-state index contributed by atoms with van der Waals surface area (Å²) in [5.41, 5.74) is 1.80. The van der Waals surface area contributed by atoms with Crippen LogP contribution < -0.4 is 0 Å². The number of ketones is 1. The number of nitrogens with one attached hydrogen (secondary N) is 1. The SMILES string of the molecule is O=C(C1CCC1)C1(C(=O)N2CCC(c3c[nH]c4ccccc34)C2)CCC1. The summed E-state index contributed by atoms with van der Waals surface area (Å²) in [5.74, 6) is 0.913. The molecule has 0 spiro atoms. The lowest BCUT2D eigenvalue weighted by atomic mass is 9.59. The predicted octanol–water partition coefficient (Wildman–Crippen LogP) is 4.02. The first-order chi connectivity index (χ1) is 12.7. The zero-order valence-corrected chi connectivity index (χ0v) is 15.2. The molecule has 26 heavy (non-hydrogen) atoms. The molecule has 1 aliphatic heterocycles. The topological polar surface area (TPSA) is 53.2 Å². The molecule has 3 fully saturated rings. The average molecular weight is 350 g/mol. The van der Waals surface area contributed by atoms with Gasteiger partial charge in [0, 0.05) is 42.0 Å². The number of carbonyl (C=O) groups is 2. The second kappa shape index (κ2) is 5.97. The molecule has 1 aromatic carbocycles. The minimum atomic E-state index is -0.666. The van der Waals surface area contributed by atoms with Gasteiger partial charge < -0.3 is 9.88 Å². The number of benzene rings is 1. The Morgan fingerprint density at radius 1 is 1.08 bits per heavy atom. The van der Waals surface area contributed by atoms with Crippen molar-refractivity contribution in [3.8, 4) is 0 Å². The van der Waals surface area contributed by atoms with E-state index >= 15 is 0 Å². The summed E-state index contributed by atoms with van der Waals surface area (Å²) in [4.78, 5) is 31.6. The fourth-order valence-electron chi connectivity index (χ4n) is 5.09. The first-order valence-corrected chi connectivity index (χ1v) is 10.1.